The van der Waals surface area contributed by atoms with Crippen LogP contribution in [0.4, 0.5) is 0 Å². The molecule has 4 rings (SSSR count). The summed E-state index contributed by atoms with van der Waals surface area (Å²) in [5.41, 5.74) is 1.44. The Kier molecular flexibility index (Phi) is 3.87. The van der Waals surface area contributed by atoms with Crippen LogP contribution in [0.3, 0.4) is 0 Å². The van der Waals surface area contributed by atoms with Gasteiger partial charge >= 0.3 is 0 Å². The first-order valence-electron chi connectivity index (χ1n) is 7.14. The molecule has 120 valence electrons. The molecule has 9 heteroatoms. The molecule has 3 heterocycles. The minimum absolute atomic E-state index is 0.379. The third-order valence-corrected chi connectivity index (χ3v) is 3.84. The van der Waals surface area contributed by atoms with E-state index in [1.165, 1.54) is 0 Å². The lowest BCUT2D eigenvalue weighted by molar-refractivity contribution is 0.377. The van der Waals surface area contributed by atoms with Crippen molar-refractivity contribution in [1.29, 1.82) is 0 Å². The highest BCUT2D eigenvalue weighted by Gasteiger charge is 2.12. The second-order valence-corrected chi connectivity index (χ2v) is 5.89. The Hall–Kier alpha value is -2.51. The minimum Gasteiger partial charge on any atom is -0.339 e. The van der Waals surface area contributed by atoms with Crippen LogP contribution in [0, 0.1) is 0 Å². The van der Waals surface area contributed by atoms with Crippen LogP contribution in [0.25, 0.3) is 17.0 Å². The van der Waals surface area contributed by atoms with Crippen LogP contribution in [-0.2, 0) is 12.8 Å². The van der Waals surface area contributed by atoms with E-state index in [1.807, 2.05) is 12.1 Å². The zero-order valence-corrected chi connectivity index (χ0v) is 13.7. The summed E-state index contributed by atoms with van der Waals surface area (Å²) < 4.78 is 6.89. The maximum Gasteiger partial charge on any atom is 0.227 e. The van der Waals surface area contributed by atoms with E-state index in [4.69, 9.17) is 27.7 Å². The van der Waals surface area contributed by atoms with Gasteiger partial charge in [-0.05, 0) is 24.3 Å². The SMILES string of the molecule is Clc1cccc(-c2noc(CCc3nnc4ccc(Cl)nn34)n2)c1. The molecule has 0 radical (unpaired) electrons. The molecule has 0 unspecified atom stereocenters. The van der Waals surface area contributed by atoms with E-state index >= 15 is 0 Å². The van der Waals surface area contributed by atoms with Gasteiger partial charge in [-0.1, -0.05) is 40.5 Å². The van der Waals surface area contributed by atoms with Crippen LogP contribution in [-0.4, -0.2) is 30.0 Å². The lowest BCUT2D eigenvalue weighted by Gasteiger charge is -1.97. The van der Waals surface area contributed by atoms with E-state index in [0.717, 1.165) is 5.56 Å². The highest BCUT2D eigenvalue weighted by atomic mass is 35.5. The number of rotatable bonds is 4. The summed E-state index contributed by atoms with van der Waals surface area (Å²) in [6.07, 6.45) is 1.06. The van der Waals surface area contributed by atoms with Gasteiger partial charge < -0.3 is 4.52 Å². The van der Waals surface area contributed by atoms with Crippen molar-refractivity contribution in [2.75, 3.05) is 0 Å². The number of fused-ring (bicyclic) bond motifs is 1. The third-order valence-electron chi connectivity index (χ3n) is 3.41. The Morgan fingerprint density at radius 2 is 1.96 bits per heavy atom. The topological polar surface area (TPSA) is 82.0 Å². The summed E-state index contributed by atoms with van der Waals surface area (Å²) in [4.78, 5) is 4.38. The number of hydrogen-bond donors (Lipinski definition) is 0. The van der Waals surface area contributed by atoms with E-state index < -0.39 is 0 Å². The third kappa shape index (κ3) is 2.95. The van der Waals surface area contributed by atoms with Gasteiger partial charge in [0.05, 0.1) is 0 Å². The lowest BCUT2D eigenvalue weighted by atomic mass is 10.2. The van der Waals surface area contributed by atoms with Gasteiger partial charge in [-0.3, -0.25) is 0 Å². The number of halogens is 2. The van der Waals surface area contributed by atoms with Crippen molar-refractivity contribution in [3.8, 4) is 11.4 Å². The zero-order valence-electron chi connectivity index (χ0n) is 12.2. The molecule has 0 aliphatic heterocycles. The van der Waals surface area contributed by atoms with Gasteiger partial charge in [-0.15, -0.1) is 10.2 Å². The summed E-state index contributed by atoms with van der Waals surface area (Å²) in [6, 6.07) is 10.7. The van der Waals surface area contributed by atoms with Crippen molar-refractivity contribution in [1.82, 2.24) is 30.0 Å². The molecule has 7 nitrogen and oxygen atoms in total. The Morgan fingerprint density at radius 1 is 1.04 bits per heavy atom. The van der Waals surface area contributed by atoms with Crippen molar-refractivity contribution < 1.29 is 4.52 Å². The molecule has 0 aliphatic carbocycles. The lowest BCUT2D eigenvalue weighted by Crippen LogP contribution is -2.01. The number of benzene rings is 1. The largest absolute Gasteiger partial charge is 0.339 e. The zero-order chi connectivity index (χ0) is 16.5. The van der Waals surface area contributed by atoms with E-state index in [2.05, 4.69) is 25.4 Å². The van der Waals surface area contributed by atoms with Crippen molar-refractivity contribution >= 4 is 28.8 Å². The molecule has 0 saturated carbocycles. The molecule has 0 spiro atoms. The van der Waals surface area contributed by atoms with Gasteiger partial charge in [-0.25, -0.2) is 0 Å². The van der Waals surface area contributed by atoms with Crippen molar-refractivity contribution in [3.05, 3.63) is 58.3 Å². The summed E-state index contributed by atoms with van der Waals surface area (Å²) >= 11 is 11.9. The van der Waals surface area contributed by atoms with Crippen LogP contribution in [0.1, 0.15) is 11.7 Å². The molecule has 0 N–H and O–H groups in total. The summed E-state index contributed by atoms with van der Waals surface area (Å²) in [7, 11) is 0. The van der Waals surface area contributed by atoms with Gasteiger partial charge in [-0.2, -0.15) is 14.6 Å². The summed E-state index contributed by atoms with van der Waals surface area (Å²) in [5.74, 6) is 1.68. The van der Waals surface area contributed by atoms with Crippen LogP contribution >= 0.6 is 23.2 Å². The van der Waals surface area contributed by atoms with E-state index in [1.54, 1.807) is 28.8 Å². The maximum atomic E-state index is 5.98. The fourth-order valence-corrected chi connectivity index (χ4v) is 2.62. The predicted octanol–water partition coefficient (Wildman–Crippen LogP) is 3.27. The molecule has 0 fully saturated rings. The Labute approximate surface area is 146 Å². The van der Waals surface area contributed by atoms with Gasteiger partial charge in [0.25, 0.3) is 0 Å². The Bertz CT molecular complexity index is 1010. The molecule has 0 amide bonds. The average Bonchev–Trinajstić information content (AvgIpc) is 3.19. The Morgan fingerprint density at radius 3 is 2.83 bits per heavy atom. The minimum atomic E-state index is 0.379. The number of aryl methyl sites for hydroxylation is 2. The van der Waals surface area contributed by atoms with Crippen LogP contribution in [0.15, 0.2) is 40.9 Å². The fourth-order valence-electron chi connectivity index (χ4n) is 2.29. The summed E-state index contributed by atoms with van der Waals surface area (Å²) in [5, 5.41) is 17.3. The average molecular weight is 361 g/mol. The second-order valence-electron chi connectivity index (χ2n) is 5.06. The number of nitrogens with zero attached hydrogens (tertiary/aromatic N) is 6. The maximum absolute atomic E-state index is 5.98. The first-order chi connectivity index (χ1) is 11.7. The van der Waals surface area contributed by atoms with E-state index in [-0.39, 0.29) is 0 Å². The van der Waals surface area contributed by atoms with Crippen LogP contribution in [0.5, 0.6) is 0 Å². The van der Waals surface area contributed by atoms with Crippen LogP contribution in [0.2, 0.25) is 10.2 Å². The van der Waals surface area contributed by atoms with Gasteiger partial charge in [0.15, 0.2) is 11.5 Å². The molecule has 0 bridgehead atoms. The summed E-state index contributed by atoms with van der Waals surface area (Å²) in [6.45, 7) is 0. The molecule has 24 heavy (non-hydrogen) atoms. The van der Waals surface area contributed by atoms with Crippen molar-refractivity contribution in [2.24, 2.45) is 0 Å². The molecule has 1 aromatic carbocycles. The molecular weight excluding hydrogens is 351 g/mol. The first kappa shape index (κ1) is 15.0. The van der Waals surface area contributed by atoms with Crippen LogP contribution < -0.4 is 0 Å². The standard InChI is InChI=1S/C15H10Cl2N6O/c16-10-3-1-2-9(8-10)15-18-14(24-22-15)7-6-13-20-19-12-5-4-11(17)21-23(12)13/h1-5,8H,6-7H2. The van der Waals surface area contributed by atoms with Gasteiger partial charge in [0.1, 0.15) is 5.15 Å². The highest BCUT2D eigenvalue weighted by molar-refractivity contribution is 6.30. The van der Waals surface area contributed by atoms with E-state index in [0.29, 0.717) is 46.2 Å². The van der Waals surface area contributed by atoms with Gasteiger partial charge in [0, 0.05) is 23.4 Å². The monoisotopic (exact) mass is 360 g/mol. The first-order valence-corrected chi connectivity index (χ1v) is 7.90. The van der Waals surface area contributed by atoms with Gasteiger partial charge in [0.2, 0.25) is 11.7 Å². The molecule has 0 aliphatic rings. The smallest absolute Gasteiger partial charge is 0.227 e. The fraction of sp³-hybridized carbons (Fsp3) is 0.133. The quantitative estimate of drug-likeness (QED) is 0.555. The molecular formula is C15H10Cl2N6O. The molecule has 3 aromatic heterocycles. The van der Waals surface area contributed by atoms with Crippen molar-refractivity contribution in [2.45, 2.75) is 12.8 Å². The molecule has 0 saturated heterocycles. The van der Waals surface area contributed by atoms with E-state index in [9.17, 15) is 0 Å². The molecule has 4 aromatic rings. The number of hydrogen-bond acceptors (Lipinski definition) is 6. The highest BCUT2D eigenvalue weighted by Crippen LogP contribution is 2.20. The normalized spacial score (nSPS) is 11.2. The Balaban J connectivity index is 1.53. The second kappa shape index (κ2) is 6.18. The molecule has 0 atom stereocenters. The number of aromatic nitrogens is 6. The predicted molar refractivity (Wildman–Crippen MR) is 87.9 cm³/mol. The van der Waals surface area contributed by atoms with Crippen molar-refractivity contribution in [3.63, 3.8) is 0 Å².